The number of carbonyl (C=O) groups excluding carboxylic acids is 1. The third-order valence-electron chi connectivity index (χ3n) is 3.71. The fourth-order valence-corrected chi connectivity index (χ4v) is 3.74. The summed E-state index contributed by atoms with van der Waals surface area (Å²) < 4.78 is 0. The van der Waals surface area contributed by atoms with Gasteiger partial charge in [0.15, 0.2) is 0 Å². The van der Waals surface area contributed by atoms with Gasteiger partial charge < -0.3 is 4.90 Å². The van der Waals surface area contributed by atoms with Gasteiger partial charge >= 0.3 is 0 Å². The first-order valence-electron chi connectivity index (χ1n) is 7.31. The SMILES string of the molecule is CC[C@H](Sc1ccc(Cl)cc1)C(=O)N1CCC[C@@H](C)C1. The molecule has 110 valence electrons. The zero-order valence-corrected chi connectivity index (χ0v) is 13.7. The summed E-state index contributed by atoms with van der Waals surface area (Å²) in [5.74, 6) is 0.921. The smallest absolute Gasteiger partial charge is 0.236 e. The second kappa shape index (κ2) is 7.37. The fourth-order valence-electron chi connectivity index (χ4n) is 2.58. The van der Waals surface area contributed by atoms with E-state index in [4.69, 9.17) is 11.6 Å². The van der Waals surface area contributed by atoms with Crippen molar-refractivity contribution in [3.05, 3.63) is 29.3 Å². The molecule has 2 rings (SSSR count). The normalized spacial score (nSPS) is 20.8. The van der Waals surface area contributed by atoms with E-state index in [-0.39, 0.29) is 5.25 Å². The lowest BCUT2D eigenvalue weighted by molar-refractivity contribution is -0.132. The molecule has 0 aliphatic carbocycles. The molecule has 1 aliphatic heterocycles. The van der Waals surface area contributed by atoms with E-state index in [0.717, 1.165) is 35.8 Å². The van der Waals surface area contributed by atoms with E-state index in [1.54, 1.807) is 11.8 Å². The molecule has 20 heavy (non-hydrogen) atoms. The van der Waals surface area contributed by atoms with Crippen molar-refractivity contribution in [2.45, 2.75) is 43.3 Å². The first-order chi connectivity index (χ1) is 9.60. The van der Waals surface area contributed by atoms with Gasteiger partial charge in [-0.3, -0.25) is 4.79 Å². The summed E-state index contributed by atoms with van der Waals surface area (Å²) in [5, 5.41) is 0.750. The molecule has 0 N–H and O–H groups in total. The first kappa shape index (κ1) is 15.7. The van der Waals surface area contributed by atoms with Crippen LogP contribution in [-0.4, -0.2) is 29.1 Å². The predicted molar refractivity (Wildman–Crippen MR) is 86.4 cm³/mol. The van der Waals surface area contributed by atoms with E-state index >= 15 is 0 Å². The number of nitrogens with zero attached hydrogens (tertiary/aromatic N) is 1. The molecule has 0 radical (unpaired) electrons. The molecule has 1 heterocycles. The Morgan fingerprint density at radius 3 is 2.75 bits per heavy atom. The Bertz CT molecular complexity index is 448. The molecule has 1 aromatic rings. The lowest BCUT2D eigenvalue weighted by Crippen LogP contribution is -2.43. The molecule has 1 amide bonds. The molecular weight excluding hydrogens is 290 g/mol. The number of thioether (sulfide) groups is 1. The molecule has 0 bridgehead atoms. The van der Waals surface area contributed by atoms with Crippen molar-refractivity contribution < 1.29 is 4.79 Å². The number of halogens is 1. The maximum absolute atomic E-state index is 12.6. The number of hydrogen-bond acceptors (Lipinski definition) is 2. The van der Waals surface area contributed by atoms with Gasteiger partial charge in [0.2, 0.25) is 5.91 Å². The van der Waals surface area contributed by atoms with Gasteiger partial charge in [-0.2, -0.15) is 0 Å². The van der Waals surface area contributed by atoms with Gasteiger partial charge in [-0.1, -0.05) is 25.4 Å². The molecule has 2 nitrogen and oxygen atoms in total. The van der Waals surface area contributed by atoms with Gasteiger partial charge in [-0.25, -0.2) is 0 Å². The monoisotopic (exact) mass is 311 g/mol. The summed E-state index contributed by atoms with van der Waals surface area (Å²) in [5.41, 5.74) is 0. The molecule has 1 aliphatic rings. The third-order valence-corrected chi connectivity index (χ3v) is 5.32. The van der Waals surface area contributed by atoms with Gasteiger partial charge in [-0.15, -0.1) is 11.8 Å². The van der Waals surface area contributed by atoms with Crippen molar-refractivity contribution in [2.75, 3.05) is 13.1 Å². The van der Waals surface area contributed by atoms with E-state index in [1.165, 1.54) is 6.42 Å². The van der Waals surface area contributed by atoms with Crippen LogP contribution >= 0.6 is 23.4 Å². The van der Waals surface area contributed by atoms with Gasteiger partial charge in [0.1, 0.15) is 0 Å². The van der Waals surface area contributed by atoms with Crippen LogP contribution in [-0.2, 0) is 4.79 Å². The van der Waals surface area contributed by atoms with Gasteiger partial charge in [0, 0.05) is 23.0 Å². The van der Waals surface area contributed by atoms with Crippen LogP contribution in [0.15, 0.2) is 29.2 Å². The molecule has 0 saturated carbocycles. The zero-order chi connectivity index (χ0) is 14.5. The Balaban J connectivity index is 2.00. The molecule has 0 spiro atoms. The first-order valence-corrected chi connectivity index (χ1v) is 8.57. The number of hydrogen-bond donors (Lipinski definition) is 0. The maximum atomic E-state index is 12.6. The standard InChI is InChI=1S/C16H22ClNOS/c1-3-15(20-14-8-6-13(17)7-9-14)16(19)18-10-4-5-12(2)11-18/h6-9,12,15H,3-5,10-11H2,1-2H3/t12-,15+/m1/s1. The van der Waals surface area contributed by atoms with Crippen LogP contribution < -0.4 is 0 Å². The fraction of sp³-hybridized carbons (Fsp3) is 0.562. The van der Waals surface area contributed by atoms with Crippen LogP contribution in [0.3, 0.4) is 0 Å². The molecule has 1 aromatic carbocycles. The number of carbonyl (C=O) groups is 1. The highest BCUT2D eigenvalue weighted by atomic mass is 35.5. The minimum atomic E-state index is 0.0153. The largest absolute Gasteiger partial charge is 0.341 e. The molecule has 0 aromatic heterocycles. The topological polar surface area (TPSA) is 20.3 Å². The van der Waals surface area contributed by atoms with Crippen molar-refractivity contribution in [1.82, 2.24) is 4.90 Å². The lowest BCUT2D eigenvalue weighted by Gasteiger charge is -2.33. The number of likely N-dealkylation sites (tertiary alicyclic amines) is 1. The van der Waals surface area contributed by atoms with E-state index < -0.39 is 0 Å². The highest BCUT2D eigenvalue weighted by Crippen LogP contribution is 2.29. The second-order valence-electron chi connectivity index (χ2n) is 5.50. The summed E-state index contributed by atoms with van der Waals surface area (Å²) >= 11 is 7.55. The van der Waals surface area contributed by atoms with E-state index in [9.17, 15) is 4.79 Å². The number of amides is 1. The average Bonchev–Trinajstić information content (AvgIpc) is 2.46. The Labute approximate surface area is 130 Å². The van der Waals surface area contributed by atoms with Crippen LogP contribution in [0.5, 0.6) is 0 Å². The average molecular weight is 312 g/mol. The highest BCUT2D eigenvalue weighted by Gasteiger charge is 2.27. The summed E-state index contributed by atoms with van der Waals surface area (Å²) in [4.78, 5) is 15.8. The minimum Gasteiger partial charge on any atom is -0.341 e. The number of piperidine rings is 1. The van der Waals surface area contributed by atoms with Crippen molar-refractivity contribution in [1.29, 1.82) is 0 Å². The molecular formula is C16H22ClNOS. The molecule has 2 atom stereocenters. The maximum Gasteiger partial charge on any atom is 0.236 e. The van der Waals surface area contributed by atoms with Gasteiger partial charge in [0.25, 0.3) is 0 Å². The Kier molecular flexibility index (Phi) is 5.79. The molecule has 1 fully saturated rings. The summed E-state index contributed by atoms with van der Waals surface area (Å²) in [6, 6.07) is 7.73. The summed E-state index contributed by atoms with van der Waals surface area (Å²) in [6.45, 7) is 6.14. The highest BCUT2D eigenvalue weighted by molar-refractivity contribution is 8.00. The molecule has 1 saturated heterocycles. The quantitative estimate of drug-likeness (QED) is 0.765. The van der Waals surface area contributed by atoms with Crippen molar-refractivity contribution >= 4 is 29.3 Å². The van der Waals surface area contributed by atoms with E-state index in [2.05, 4.69) is 13.8 Å². The molecule has 0 unspecified atom stereocenters. The lowest BCUT2D eigenvalue weighted by atomic mass is 10.00. The summed E-state index contributed by atoms with van der Waals surface area (Å²) in [6.07, 6.45) is 3.23. The minimum absolute atomic E-state index is 0.0153. The third kappa shape index (κ3) is 4.16. The Morgan fingerprint density at radius 2 is 2.15 bits per heavy atom. The van der Waals surface area contributed by atoms with Gasteiger partial charge in [0.05, 0.1) is 5.25 Å². The van der Waals surface area contributed by atoms with Crippen molar-refractivity contribution in [3.8, 4) is 0 Å². The van der Waals surface area contributed by atoms with Crippen LogP contribution in [0.25, 0.3) is 0 Å². The summed E-state index contributed by atoms with van der Waals surface area (Å²) in [7, 11) is 0. The van der Waals surface area contributed by atoms with E-state index in [0.29, 0.717) is 11.8 Å². The van der Waals surface area contributed by atoms with Crippen LogP contribution in [0.1, 0.15) is 33.1 Å². The van der Waals surface area contributed by atoms with E-state index in [1.807, 2.05) is 29.2 Å². The van der Waals surface area contributed by atoms with Crippen LogP contribution in [0.2, 0.25) is 5.02 Å². The Hall–Kier alpha value is -0.670. The predicted octanol–water partition coefficient (Wildman–Crippen LogP) is 4.47. The second-order valence-corrected chi connectivity index (χ2v) is 7.21. The number of rotatable bonds is 4. The van der Waals surface area contributed by atoms with Crippen LogP contribution in [0.4, 0.5) is 0 Å². The Morgan fingerprint density at radius 1 is 1.45 bits per heavy atom. The zero-order valence-electron chi connectivity index (χ0n) is 12.1. The van der Waals surface area contributed by atoms with Gasteiger partial charge in [-0.05, 0) is 49.4 Å². The van der Waals surface area contributed by atoms with Crippen LogP contribution in [0, 0.1) is 5.92 Å². The van der Waals surface area contributed by atoms with Crippen molar-refractivity contribution in [2.24, 2.45) is 5.92 Å². The van der Waals surface area contributed by atoms with Crippen molar-refractivity contribution in [3.63, 3.8) is 0 Å². The molecule has 4 heteroatoms. The number of benzene rings is 1.